The summed E-state index contributed by atoms with van der Waals surface area (Å²) in [5.41, 5.74) is 6.05. The van der Waals surface area contributed by atoms with Gasteiger partial charge in [-0.1, -0.05) is 0 Å². The summed E-state index contributed by atoms with van der Waals surface area (Å²) in [6.07, 6.45) is 0. The minimum absolute atomic E-state index is 0.0942. The van der Waals surface area contributed by atoms with Gasteiger partial charge in [-0.15, -0.1) is 0 Å². The van der Waals surface area contributed by atoms with Crippen molar-refractivity contribution in [1.82, 2.24) is 0 Å². The molecular formula is C10H11NO3. The lowest BCUT2D eigenvalue weighted by molar-refractivity contribution is 0.0967. The largest absolute Gasteiger partial charge is 0.454 e. The fraction of sp³-hybridized carbons (Fsp3) is 0.300. The first-order valence-corrected chi connectivity index (χ1v) is 4.38. The van der Waals surface area contributed by atoms with Crippen LogP contribution in [0.15, 0.2) is 18.2 Å². The Hall–Kier alpha value is -1.55. The number of carbonyl (C=O) groups excluding carboxylic acids is 1. The Kier molecular flexibility index (Phi) is 2.13. The Labute approximate surface area is 81.6 Å². The first-order chi connectivity index (χ1) is 6.68. The van der Waals surface area contributed by atoms with Crippen molar-refractivity contribution >= 4 is 5.78 Å². The normalized spacial score (nSPS) is 15.3. The second kappa shape index (κ2) is 3.31. The van der Waals surface area contributed by atoms with Gasteiger partial charge in [-0.25, -0.2) is 0 Å². The van der Waals surface area contributed by atoms with Gasteiger partial charge in [0.2, 0.25) is 6.79 Å². The van der Waals surface area contributed by atoms with Crippen LogP contribution in [0.4, 0.5) is 0 Å². The Morgan fingerprint density at radius 1 is 1.43 bits per heavy atom. The third kappa shape index (κ3) is 1.44. The van der Waals surface area contributed by atoms with E-state index in [0.29, 0.717) is 17.1 Å². The van der Waals surface area contributed by atoms with Gasteiger partial charge in [0, 0.05) is 5.56 Å². The average molecular weight is 193 g/mol. The molecule has 1 aromatic rings. The van der Waals surface area contributed by atoms with Crippen molar-refractivity contribution in [3.05, 3.63) is 23.8 Å². The van der Waals surface area contributed by atoms with Crippen molar-refractivity contribution in [2.24, 2.45) is 5.73 Å². The summed E-state index contributed by atoms with van der Waals surface area (Å²) in [6.45, 7) is 1.87. The first-order valence-electron chi connectivity index (χ1n) is 4.38. The van der Waals surface area contributed by atoms with E-state index in [2.05, 4.69) is 0 Å². The average Bonchev–Trinajstić information content (AvgIpc) is 2.62. The van der Waals surface area contributed by atoms with E-state index < -0.39 is 6.04 Å². The van der Waals surface area contributed by atoms with E-state index in [1.54, 1.807) is 25.1 Å². The third-order valence-electron chi connectivity index (χ3n) is 2.07. The van der Waals surface area contributed by atoms with Gasteiger partial charge in [-0.2, -0.15) is 0 Å². The second-order valence-electron chi connectivity index (χ2n) is 3.22. The molecule has 0 saturated heterocycles. The molecule has 4 nitrogen and oxygen atoms in total. The fourth-order valence-corrected chi connectivity index (χ4v) is 1.31. The zero-order valence-electron chi connectivity index (χ0n) is 7.82. The quantitative estimate of drug-likeness (QED) is 0.710. The maximum Gasteiger partial charge on any atom is 0.231 e. The van der Waals surface area contributed by atoms with Gasteiger partial charge in [0.05, 0.1) is 6.04 Å². The smallest absolute Gasteiger partial charge is 0.231 e. The molecule has 14 heavy (non-hydrogen) atoms. The van der Waals surface area contributed by atoms with Crippen LogP contribution in [0, 0.1) is 0 Å². The Morgan fingerprint density at radius 3 is 2.86 bits per heavy atom. The molecule has 0 radical (unpaired) electrons. The minimum Gasteiger partial charge on any atom is -0.454 e. The number of rotatable bonds is 2. The molecule has 0 bridgehead atoms. The van der Waals surface area contributed by atoms with Gasteiger partial charge in [0.1, 0.15) is 0 Å². The molecule has 0 spiro atoms. The first kappa shape index (κ1) is 9.02. The summed E-state index contributed by atoms with van der Waals surface area (Å²) in [5.74, 6) is 1.19. The van der Waals surface area contributed by atoms with Gasteiger partial charge in [-0.3, -0.25) is 4.79 Å². The number of benzene rings is 1. The summed E-state index contributed by atoms with van der Waals surface area (Å²) in [6, 6.07) is 4.58. The number of ether oxygens (including phenoxy) is 2. The number of hydrogen-bond donors (Lipinski definition) is 1. The van der Waals surface area contributed by atoms with Crippen LogP contribution in [-0.4, -0.2) is 18.6 Å². The van der Waals surface area contributed by atoms with Crippen molar-refractivity contribution in [3.8, 4) is 11.5 Å². The zero-order valence-corrected chi connectivity index (χ0v) is 7.82. The van der Waals surface area contributed by atoms with E-state index in [4.69, 9.17) is 15.2 Å². The Morgan fingerprint density at radius 2 is 2.14 bits per heavy atom. The molecule has 4 heteroatoms. The molecule has 0 saturated carbocycles. The standard InChI is InChI=1S/C10H11NO3/c1-6(11)10(12)7-2-3-8-9(4-7)14-5-13-8/h2-4,6H,5,11H2,1H3/t6-/m1/s1. The summed E-state index contributed by atoms with van der Waals surface area (Å²) in [4.78, 5) is 11.5. The van der Waals surface area contributed by atoms with E-state index >= 15 is 0 Å². The maximum atomic E-state index is 11.5. The summed E-state index contributed by atoms with van der Waals surface area (Å²) < 4.78 is 10.3. The molecule has 1 aliphatic rings. The SMILES string of the molecule is C[C@@H](N)C(=O)c1ccc2c(c1)OCO2. The Bertz CT molecular complexity index is 374. The lowest BCUT2D eigenvalue weighted by atomic mass is 10.1. The molecule has 2 rings (SSSR count). The maximum absolute atomic E-state index is 11.5. The number of ketones is 1. The highest BCUT2D eigenvalue weighted by atomic mass is 16.7. The number of carbonyl (C=O) groups is 1. The number of nitrogens with two attached hydrogens (primary N) is 1. The molecular weight excluding hydrogens is 182 g/mol. The van der Waals surface area contributed by atoms with Gasteiger partial charge < -0.3 is 15.2 Å². The second-order valence-corrected chi connectivity index (χ2v) is 3.22. The van der Waals surface area contributed by atoms with Crippen molar-refractivity contribution < 1.29 is 14.3 Å². The van der Waals surface area contributed by atoms with E-state index in [1.165, 1.54) is 0 Å². The van der Waals surface area contributed by atoms with Crippen LogP contribution >= 0.6 is 0 Å². The third-order valence-corrected chi connectivity index (χ3v) is 2.07. The van der Waals surface area contributed by atoms with Gasteiger partial charge in [0.15, 0.2) is 17.3 Å². The molecule has 74 valence electrons. The molecule has 0 unspecified atom stereocenters. The Balaban J connectivity index is 2.33. The number of Topliss-reactive ketones (excluding diaryl/α,β-unsaturated/α-hetero) is 1. The lowest BCUT2D eigenvalue weighted by Crippen LogP contribution is -2.26. The van der Waals surface area contributed by atoms with E-state index in [9.17, 15) is 4.79 Å². The molecule has 1 heterocycles. The number of fused-ring (bicyclic) bond motifs is 1. The zero-order chi connectivity index (χ0) is 10.1. The highest BCUT2D eigenvalue weighted by molar-refractivity contribution is 6.00. The van der Waals surface area contributed by atoms with Crippen molar-refractivity contribution in [2.45, 2.75) is 13.0 Å². The molecule has 1 atom stereocenters. The van der Waals surface area contributed by atoms with Crippen molar-refractivity contribution in [1.29, 1.82) is 0 Å². The van der Waals surface area contributed by atoms with Gasteiger partial charge >= 0.3 is 0 Å². The molecule has 0 aliphatic carbocycles. The highest BCUT2D eigenvalue weighted by Crippen LogP contribution is 2.32. The van der Waals surface area contributed by atoms with Crippen LogP contribution in [0.2, 0.25) is 0 Å². The molecule has 0 amide bonds. The lowest BCUT2D eigenvalue weighted by Gasteiger charge is -2.04. The van der Waals surface area contributed by atoms with Crippen LogP contribution in [0.3, 0.4) is 0 Å². The van der Waals surface area contributed by atoms with Crippen LogP contribution < -0.4 is 15.2 Å². The van der Waals surface area contributed by atoms with Crippen molar-refractivity contribution in [3.63, 3.8) is 0 Å². The summed E-state index contributed by atoms with van der Waals surface area (Å²) >= 11 is 0. The topological polar surface area (TPSA) is 61.6 Å². The molecule has 0 aromatic heterocycles. The molecule has 0 fully saturated rings. The van der Waals surface area contributed by atoms with E-state index in [1.807, 2.05) is 0 Å². The van der Waals surface area contributed by atoms with E-state index in [0.717, 1.165) is 0 Å². The fourth-order valence-electron chi connectivity index (χ4n) is 1.31. The monoisotopic (exact) mass is 193 g/mol. The van der Waals surface area contributed by atoms with Crippen LogP contribution in [0.25, 0.3) is 0 Å². The molecule has 2 N–H and O–H groups in total. The van der Waals surface area contributed by atoms with Gasteiger partial charge in [0.25, 0.3) is 0 Å². The molecule has 1 aromatic carbocycles. The predicted octanol–water partition coefficient (Wildman–Crippen LogP) is 0.945. The minimum atomic E-state index is -0.490. The number of hydrogen-bond acceptors (Lipinski definition) is 4. The van der Waals surface area contributed by atoms with Crippen LogP contribution in [0.5, 0.6) is 11.5 Å². The van der Waals surface area contributed by atoms with Crippen LogP contribution in [-0.2, 0) is 0 Å². The molecule has 1 aliphatic heterocycles. The van der Waals surface area contributed by atoms with Crippen molar-refractivity contribution in [2.75, 3.05) is 6.79 Å². The van der Waals surface area contributed by atoms with E-state index in [-0.39, 0.29) is 12.6 Å². The summed E-state index contributed by atoms with van der Waals surface area (Å²) in [5, 5.41) is 0. The van der Waals surface area contributed by atoms with Crippen LogP contribution in [0.1, 0.15) is 17.3 Å². The van der Waals surface area contributed by atoms with Gasteiger partial charge in [-0.05, 0) is 25.1 Å². The predicted molar refractivity (Wildman–Crippen MR) is 50.5 cm³/mol. The highest BCUT2D eigenvalue weighted by Gasteiger charge is 2.17. The summed E-state index contributed by atoms with van der Waals surface area (Å²) in [7, 11) is 0.